The third-order valence-corrected chi connectivity index (χ3v) is 2.65. The summed E-state index contributed by atoms with van der Waals surface area (Å²) in [6.45, 7) is -0.125. The zero-order valence-electron chi connectivity index (χ0n) is 10.0. The molecule has 2 aromatic rings. The van der Waals surface area contributed by atoms with E-state index < -0.39 is 17.9 Å². The predicted octanol–water partition coefficient (Wildman–Crippen LogP) is 2.46. The molecule has 0 aliphatic rings. The largest absolute Gasteiger partial charge is 0.465 e. The smallest absolute Gasteiger partial charge is 0.407 e. The summed E-state index contributed by atoms with van der Waals surface area (Å²) < 4.78 is 27.5. The van der Waals surface area contributed by atoms with Crippen molar-refractivity contribution in [3.8, 4) is 11.3 Å². The summed E-state index contributed by atoms with van der Waals surface area (Å²) in [5, 5.41) is 8.73. The van der Waals surface area contributed by atoms with Gasteiger partial charge in [0.15, 0.2) is 5.82 Å². The number of carbonyl (C=O) groups is 1. The first-order valence-electron chi connectivity index (χ1n) is 5.41. The van der Waals surface area contributed by atoms with Crippen molar-refractivity contribution >= 4 is 6.09 Å². The number of hydrogen-bond acceptors (Lipinski definition) is 2. The van der Waals surface area contributed by atoms with Crippen LogP contribution in [0.25, 0.3) is 11.3 Å². The second kappa shape index (κ2) is 5.05. The number of H-pyrrole nitrogens is 1. The first-order chi connectivity index (χ1) is 9.00. The highest BCUT2D eigenvalue weighted by molar-refractivity contribution is 5.65. The number of aromatic nitrogens is 2. The number of carboxylic acid groups (broad SMARTS) is 1. The van der Waals surface area contributed by atoms with Gasteiger partial charge >= 0.3 is 6.09 Å². The second-order valence-electron chi connectivity index (χ2n) is 3.98. The van der Waals surface area contributed by atoms with Crippen molar-refractivity contribution in [1.29, 1.82) is 0 Å². The molecule has 0 aliphatic carbocycles. The molecule has 100 valence electrons. The number of nitrogens with one attached hydrogen (secondary N) is 1. The SMILES string of the molecule is CN(Cc1c[nH]c(-c2cccnc2F)c1F)C(=O)O. The summed E-state index contributed by atoms with van der Waals surface area (Å²) in [7, 11) is 1.32. The summed E-state index contributed by atoms with van der Waals surface area (Å²) >= 11 is 0. The molecule has 19 heavy (non-hydrogen) atoms. The van der Waals surface area contributed by atoms with E-state index in [1.165, 1.54) is 31.6 Å². The minimum absolute atomic E-state index is 0.00391. The van der Waals surface area contributed by atoms with Gasteiger partial charge in [-0.15, -0.1) is 0 Å². The Balaban J connectivity index is 2.34. The van der Waals surface area contributed by atoms with E-state index in [1.807, 2.05) is 0 Å². The van der Waals surface area contributed by atoms with E-state index in [-0.39, 0.29) is 23.4 Å². The van der Waals surface area contributed by atoms with Crippen molar-refractivity contribution in [1.82, 2.24) is 14.9 Å². The molecule has 0 spiro atoms. The van der Waals surface area contributed by atoms with E-state index in [0.717, 1.165) is 4.90 Å². The first-order valence-corrected chi connectivity index (χ1v) is 5.41. The van der Waals surface area contributed by atoms with Gasteiger partial charge in [0.05, 0.1) is 17.8 Å². The Kier molecular flexibility index (Phi) is 3.46. The molecular weight excluding hydrogens is 256 g/mol. The van der Waals surface area contributed by atoms with Crippen LogP contribution in [0.1, 0.15) is 5.56 Å². The van der Waals surface area contributed by atoms with Crippen molar-refractivity contribution < 1.29 is 18.7 Å². The molecule has 0 radical (unpaired) electrons. The normalized spacial score (nSPS) is 10.5. The van der Waals surface area contributed by atoms with Crippen molar-refractivity contribution in [3.63, 3.8) is 0 Å². The van der Waals surface area contributed by atoms with Crippen molar-refractivity contribution in [2.45, 2.75) is 6.54 Å². The minimum Gasteiger partial charge on any atom is -0.465 e. The van der Waals surface area contributed by atoms with Crippen LogP contribution >= 0.6 is 0 Å². The summed E-state index contributed by atoms with van der Waals surface area (Å²) in [5.41, 5.74) is 0.103. The number of rotatable bonds is 3. The summed E-state index contributed by atoms with van der Waals surface area (Å²) in [5.74, 6) is -1.47. The molecule has 7 heteroatoms. The van der Waals surface area contributed by atoms with E-state index >= 15 is 0 Å². The van der Waals surface area contributed by atoms with Crippen molar-refractivity contribution in [2.75, 3.05) is 7.05 Å². The molecular formula is C12H11F2N3O2. The van der Waals surface area contributed by atoms with Crippen LogP contribution in [0.3, 0.4) is 0 Å². The highest BCUT2D eigenvalue weighted by atomic mass is 19.1. The van der Waals surface area contributed by atoms with Crippen LogP contribution in [-0.4, -0.2) is 33.1 Å². The standard InChI is InChI=1S/C12H11F2N3O2/c1-17(12(18)19)6-7-5-16-10(9(7)13)8-3-2-4-15-11(8)14/h2-5,16H,6H2,1H3,(H,18,19). The number of aromatic amines is 1. The van der Waals surface area contributed by atoms with Crippen molar-refractivity contribution in [3.05, 3.63) is 41.9 Å². The number of amides is 1. The molecule has 2 aromatic heterocycles. The van der Waals surface area contributed by atoms with Gasteiger partial charge in [-0.3, -0.25) is 0 Å². The topological polar surface area (TPSA) is 69.2 Å². The van der Waals surface area contributed by atoms with Crippen LogP contribution in [0.15, 0.2) is 24.5 Å². The lowest BCUT2D eigenvalue weighted by molar-refractivity contribution is 0.153. The van der Waals surface area contributed by atoms with Crippen LogP contribution in [0.5, 0.6) is 0 Å². The van der Waals surface area contributed by atoms with Gasteiger partial charge in [-0.05, 0) is 12.1 Å². The van der Waals surface area contributed by atoms with Crippen LogP contribution < -0.4 is 0 Å². The Labute approximate surface area is 107 Å². The number of halogens is 2. The predicted molar refractivity (Wildman–Crippen MR) is 63.4 cm³/mol. The molecule has 0 saturated heterocycles. The second-order valence-corrected chi connectivity index (χ2v) is 3.98. The number of hydrogen-bond donors (Lipinski definition) is 2. The van der Waals surface area contributed by atoms with E-state index in [4.69, 9.17) is 5.11 Å². The molecule has 2 rings (SSSR count). The van der Waals surface area contributed by atoms with Gasteiger partial charge in [-0.2, -0.15) is 4.39 Å². The molecule has 0 aromatic carbocycles. The quantitative estimate of drug-likeness (QED) is 0.839. The summed E-state index contributed by atoms with van der Waals surface area (Å²) in [4.78, 5) is 17.6. The monoisotopic (exact) mass is 267 g/mol. The third kappa shape index (κ3) is 2.54. The fourth-order valence-corrected chi connectivity index (χ4v) is 1.65. The Morgan fingerprint density at radius 2 is 2.26 bits per heavy atom. The highest BCUT2D eigenvalue weighted by Crippen LogP contribution is 2.25. The molecule has 2 heterocycles. The van der Waals surface area contributed by atoms with Gasteiger partial charge in [0.25, 0.3) is 0 Å². The lowest BCUT2D eigenvalue weighted by Gasteiger charge is -2.11. The van der Waals surface area contributed by atoms with Crippen LogP contribution in [0.4, 0.5) is 13.6 Å². The van der Waals surface area contributed by atoms with Gasteiger partial charge in [0.2, 0.25) is 5.95 Å². The molecule has 5 nitrogen and oxygen atoms in total. The number of pyridine rings is 1. The van der Waals surface area contributed by atoms with E-state index in [1.54, 1.807) is 0 Å². The van der Waals surface area contributed by atoms with Gasteiger partial charge in [0.1, 0.15) is 0 Å². The molecule has 0 fully saturated rings. The Morgan fingerprint density at radius 3 is 2.89 bits per heavy atom. The van der Waals surface area contributed by atoms with Gasteiger partial charge in [-0.25, -0.2) is 14.2 Å². The van der Waals surface area contributed by atoms with E-state index in [2.05, 4.69) is 9.97 Å². The van der Waals surface area contributed by atoms with Gasteiger partial charge in [-0.1, -0.05) is 0 Å². The van der Waals surface area contributed by atoms with Crippen LogP contribution in [0, 0.1) is 11.8 Å². The summed E-state index contributed by atoms with van der Waals surface area (Å²) in [6, 6.07) is 2.88. The average molecular weight is 267 g/mol. The maximum absolute atomic E-state index is 14.1. The molecule has 0 unspecified atom stereocenters. The van der Waals surface area contributed by atoms with Crippen LogP contribution in [0.2, 0.25) is 0 Å². The highest BCUT2D eigenvalue weighted by Gasteiger charge is 2.18. The Morgan fingerprint density at radius 1 is 1.53 bits per heavy atom. The Bertz CT molecular complexity index is 613. The van der Waals surface area contributed by atoms with E-state index in [9.17, 15) is 13.6 Å². The average Bonchev–Trinajstić information content (AvgIpc) is 2.72. The zero-order chi connectivity index (χ0) is 14.0. The fraction of sp³-hybridized carbons (Fsp3) is 0.167. The van der Waals surface area contributed by atoms with Gasteiger partial charge < -0.3 is 15.0 Å². The minimum atomic E-state index is -1.17. The molecule has 0 atom stereocenters. The summed E-state index contributed by atoms with van der Waals surface area (Å²) in [6.07, 6.45) is 1.41. The molecule has 2 N–H and O–H groups in total. The lowest BCUT2D eigenvalue weighted by Crippen LogP contribution is -2.24. The number of nitrogens with zero attached hydrogens (tertiary/aromatic N) is 2. The lowest BCUT2D eigenvalue weighted by atomic mass is 10.2. The zero-order valence-corrected chi connectivity index (χ0v) is 10.0. The molecule has 0 bridgehead atoms. The van der Waals surface area contributed by atoms with Gasteiger partial charge in [0, 0.05) is 25.0 Å². The third-order valence-electron chi connectivity index (χ3n) is 2.65. The fourth-order valence-electron chi connectivity index (χ4n) is 1.65. The molecule has 1 amide bonds. The van der Waals surface area contributed by atoms with Crippen LogP contribution in [-0.2, 0) is 6.54 Å². The van der Waals surface area contributed by atoms with Crippen molar-refractivity contribution in [2.24, 2.45) is 0 Å². The maximum atomic E-state index is 14.1. The Hall–Kier alpha value is -2.44. The molecule has 0 saturated carbocycles. The first kappa shape index (κ1) is 13.0. The maximum Gasteiger partial charge on any atom is 0.407 e. The molecule has 0 aliphatic heterocycles. The van der Waals surface area contributed by atoms with E-state index in [0.29, 0.717) is 0 Å².